The van der Waals surface area contributed by atoms with Gasteiger partial charge in [-0.15, -0.1) is 0 Å². The second kappa shape index (κ2) is 33.3. The molecule has 2 aromatic rings. The van der Waals surface area contributed by atoms with Crippen molar-refractivity contribution in [2.45, 2.75) is 168 Å². The molecule has 80 heavy (non-hydrogen) atoms. The van der Waals surface area contributed by atoms with Gasteiger partial charge in [0.2, 0.25) is 35.4 Å². The number of imide groups is 1. The number of unbranched alkanes of at least 4 members (excludes halogenated alkanes) is 2. The maximum atomic E-state index is 14.7. The molecule has 2 heterocycles. The Balaban J connectivity index is 1.35. The summed E-state index contributed by atoms with van der Waals surface area (Å²) in [6.07, 6.45) is 5.36. The predicted octanol–water partition coefficient (Wildman–Crippen LogP) is 4.89. The second-order valence-electron chi connectivity index (χ2n) is 22.0. The number of methoxy groups -OCH3 is 2. The molecule has 0 spiro atoms. The third kappa shape index (κ3) is 19.6. The third-order valence-corrected chi connectivity index (χ3v) is 15.4. The van der Waals surface area contributed by atoms with E-state index in [9.17, 15) is 43.2 Å². The summed E-state index contributed by atoms with van der Waals surface area (Å²) in [5.41, 5.74) is 6.52. The second-order valence-corrected chi connectivity index (χ2v) is 22.0. The fourth-order valence-electron chi connectivity index (χ4n) is 10.7. The van der Waals surface area contributed by atoms with Crippen molar-refractivity contribution in [1.29, 1.82) is 0 Å². The van der Waals surface area contributed by atoms with E-state index in [1.165, 1.54) is 26.4 Å². The molecule has 0 saturated carbocycles. The summed E-state index contributed by atoms with van der Waals surface area (Å²) < 4.78 is 17.8. The van der Waals surface area contributed by atoms with Crippen molar-refractivity contribution in [1.82, 2.24) is 41.1 Å². The highest BCUT2D eigenvalue weighted by molar-refractivity contribution is 6.12. The molecule has 8 amide bonds. The van der Waals surface area contributed by atoms with Gasteiger partial charge >= 0.3 is 5.97 Å². The minimum Gasteiger partial charge on any atom is -0.459 e. The Hall–Kier alpha value is -6.51. The summed E-state index contributed by atoms with van der Waals surface area (Å²) in [6.45, 7) is 14.4. The number of benzene rings is 2. The summed E-state index contributed by atoms with van der Waals surface area (Å²) >= 11 is 0. The molecule has 1 saturated heterocycles. The summed E-state index contributed by atoms with van der Waals surface area (Å²) in [5.74, 6) is -4.73. The fourth-order valence-corrected chi connectivity index (χ4v) is 10.7. The van der Waals surface area contributed by atoms with Crippen LogP contribution in [0.1, 0.15) is 124 Å². The van der Waals surface area contributed by atoms with Crippen LogP contribution in [0.4, 0.5) is 0 Å². The zero-order valence-corrected chi connectivity index (χ0v) is 49.1. The van der Waals surface area contributed by atoms with Crippen LogP contribution in [0.5, 0.6) is 0 Å². The van der Waals surface area contributed by atoms with E-state index < -0.39 is 66.1 Å². The van der Waals surface area contributed by atoms with Gasteiger partial charge in [0.25, 0.3) is 11.8 Å². The minimum atomic E-state index is -0.985. The largest absolute Gasteiger partial charge is 0.459 e. The number of nitrogens with zero attached hydrogens (tertiary/aromatic N) is 4. The Kier molecular flexibility index (Phi) is 27.5. The molecule has 442 valence electrons. The van der Waals surface area contributed by atoms with Crippen molar-refractivity contribution in [3.8, 4) is 0 Å². The Morgan fingerprint density at radius 2 is 1.32 bits per heavy atom. The molecular weight excluding hydrogens is 1020 g/mol. The average Bonchev–Trinajstić information content (AvgIpc) is 4.06. The number of amides is 8. The van der Waals surface area contributed by atoms with Gasteiger partial charge in [-0.1, -0.05) is 122 Å². The number of likely N-dealkylation sites (tertiary alicyclic amines) is 1. The van der Waals surface area contributed by atoms with E-state index in [2.05, 4.69) is 21.5 Å². The molecule has 4 N–H and O–H groups in total. The van der Waals surface area contributed by atoms with Gasteiger partial charge in [0.1, 0.15) is 18.7 Å². The molecule has 2 aromatic carbocycles. The first-order chi connectivity index (χ1) is 38.1. The quantitative estimate of drug-likeness (QED) is 0.0323. The molecule has 0 bridgehead atoms. The van der Waals surface area contributed by atoms with Crippen LogP contribution >= 0.6 is 0 Å². The van der Waals surface area contributed by atoms with Crippen LogP contribution in [0.25, 0.3) is 0 Å². The van der Waals surface area contributed by atoms with Gasteiger partial charge in [-0.25, -0.2) is 4.79 Å². The standard InChI is InChI=1S/C60H90N8O12/c1-12-41(6)55(66(9)59(76)53(39(2)3)62-58(75)54(40(4)5)65(8)33-23-30-49(70)64-63-48(69)29-20-15-21-34-68-50(71)31-32-51(68)72)47(78-10)37-52(73)67-35-22-28-46(67)56(79-11)42(7)57(74)61-45(36-43-24-16-13-17-25-43)60(77)80-38-44-26-18-14-19-27-44/h13-14,16-19,24-27,31-32,39-42,45-47,53-56H,12,15,20-23,28-30,33-38H2,1-11H3,(H,61,74)(H,62,75)(H,63,69)(H,64,70)/t41-,42+,45-,46-,47+,53-,54-,55-,56+/m0/s1. The Labute approximate surface area is 473 Å². The van der Waals surface area contributed by atoms with Crippen LogP contribution in [0.2, 0.25) is 0 Å². The van der Waals surface area contributed by atoms with E-state index in [1.54, 1.807) is 30.8 Å². The molecule has 2 aliphatic rings. The first-order valence-corrected chi connectivity index (χ1v) is 28.4. The van der Waals surface area contributed by atoms with Gasteiger partial charge in [-0.2, -0.15) is 0 Å². The van der Waals surface area contributed by atoms with Crippen molar-refractivity contribution < 1.29 is 57.4 Å². The molecule has 0 aliphatic carbocycles. The molecule has 0 unspecified atom stereocenters. The van der Waals surface area contributed by atoms with Gasteiger partial charge in [-0.05, 0) is 74.6 Å². The normalized spacial score (nSPS) is 17.4. The lowest BCUT2D eigenvalue weighted by Gasteiger charge is -2.41. The number of likely N-dealkylation sites (N-methyl/N-ethyl adjacent to an activating group) is 2. The maximum absolute atomic E-state index is 14.7. The van der Waals surface area contributed by atoms with E-state index in [1.807, 2.05) is 107 Å². The minimum absolute atomic E-state index is 0.0474. The highest BCUT2D eigenvalue weighted by atomic mass is 16.5. The molecule has 0 radical (unpaired) electrons. The van der Waals surface area contributed by atoms with Crippen LogP contribution in [-0.4, -0.2) is 163 Å². The summed E-state index contributed by atoms with van der Waals surface area (Å²) in [4.78, 5) is 126. The molecule has 20 heteroatoms. The monoisotopic (exact) mass is 1110 g/mol. The van der Waals surface area contributed by atoms with Gasteiger partial charge in [0, 0.05) is 65.8 Å². The molecule has 4 rings (SSSR count). The predicted molar refractivity (Wildman–Crippen MR) is 302 cm³/mol. The third-order valence-electron chi connectivity index (χ3n) is 15.4. The molecule has 0 aromatic heterocycles. The number of hydrazine groups is 1. The van der Waals surface area contributed by atoms with Gasteiger partial charge in [0.15, 0.2) is 0 Å². The summed E-state index contributed by atoms with van der Waals surface area (Å²) in [6, 6.07) is 15.1. The number of ether oxygens (including phenoxy) is 3. The van der Waals surface area contributed by atoms with Crippen LogP contribution in [0, 0.1) is 23.7 Å². The Morgan fingerprint density at radius 1 is 0.725 bits per heavy atom. The summed E-state index contributed by atoms with van der Waals surface area (Å²) in [5, 5.41) is 5.99. The lowest BCUT2D eigenvalue weighted by molar-refractivity contribution is -0.151. The molecule has 20 nitrogen and oxygen atoms in total. The van der Waals surface area contributed by atoms with Crippen molar-refractivity contribution in [3.63, 3.8) is 0 Å². The van der Waals surface area contributed by atoms with Crippen LogP contribution in [0.3, 0.4) is 0 Å². The molecular formula is C60H90N8O12. The Morgan fingerprint density at radius 3 is 1.89 bits per heavy atom. The SMILES string of the molecule is CC[C@H](C)[C@@H]([C@@H](CC(=O)N1CCC[C@H]1[C@H](OC)[C@@H](C)C(=O)N[C@@H](Cc1ccccc1)C(=O)OCc1ccccc1)OC)N(C)C(=O)[C@@H](NC(=O)[C@H](C(C)C)N(C)CCCC(=O)NNC(=O)CCCCCN1C(=O)C=CC1=O)C(C)C. The highest BCUT2D eigenvalue weighted by Crippen LogP contribution is 2.30. The first kappa shape index (κ1) is 66.0. The number of carbonyl (C=O) groups is 9. The summed E-state index contributed by atoms with van der Waals surface area (Å²) in [7, 11) is 6.51. The number of esters is 1. The van der Waals surface area contributed by atoms with Crippen molar-refractivity contribution in [2.75, 3.05) is 47.9 Å². The topological polar surface area (TPSA) is 242 Å². The number of rotatable bonds is 33. The van der Waals surface area contributed by atoms with E-state index in [0.717, 1.165) is 16.0 Å². The number of hydrogen-bond acceptors (Lipinski definition) is 13. The lowest BCUT2D eigenvalue weighted by atomic mass is 9.89. The maximum Gasteiger partial charge on any atom is 0.329 e. The molecule has 1 fully saturated rings. The lowest BCUT2D eigenvalue weighted by Crippen LogP contribution is -2.60. The molecule has 2 aliphatic heterocycles. The highest BCUT2D eigenvalue weighted by Gasteiger charge is 2.44. The fraction of sp³-hybridized carbons (Fsp3) is 0.617. The van der Waals surface area contributed by atoms with E-state index >= 15 is 0 Å². The number of hydrogen-bond donors (Lipinski definition) is 4. The van der Waals surface area contributed by atoms with E-state index in [0.29, 0.717) is 58.0 Å². The molecule has 9 atom stereocenters. The van der Waals surface area contributed by atoms with Crippen molar-refractivity contribution in [3.05, 3.63) is 83.9 Å². The van der Waals surface area contributed by atoms with E-state index in [4.69, 9.17) is 14.2 Å². The Bertz CT molecular complexity index is 2370. The van der Waals surface area contributed by atoms with E-state index in [-0.39, 0.29) is 92.0 Å². The van der Waals surface area contributed by atoms with Crippen LogP contribution in [-0.2, 0) is 70.4 Å². The van der Waals surface area contributed by atoms with Crippen molar-refractivity contribution in [2.24, 2.45) is 23.7 Å². The first-order valence-electron chi connectivity index (χ1n) is 28.4. The van der Waals surface area contributed by atoms with Gasteiger partial charge < -0.3 is 34.6 Å². The van der Waals surface area contributed by atoms with Crippen LogP contribution in [0.15, 0.2) is 72.8 Å². The van der Waals surface area contributed by atoms with Crippen LogP contribution < -0.4 is 21.5 Å². The van der Waals surface area contributed by atoms with Gasteiger partial charge in [-0.3, -0.25) is 59.0 Å². The zero-order valence-electron chi connectivity index (χ0n) is 49.1. The van der Waals surface area contributed by atoms with Crippen molar-refractivity contribution >= 4 is 53.2 Å². The van der Waals surface area contributed by atoms with Gasteiger partial charge in [0.05, 0.1) is 42.7 Å². The smallest absolute Gasteiger partial charge is 0.329 e. The number of nitrogens with one attached hydrogen (secondary N) is 4. The average molecular weight is 1120 g/mol. The number of carbonyl (C=O) groups excluding carboxylic acids is 9. The zero-order chi connectivity index (χ0) is 59.1.